The molecule has 1 aromatic carbocycles. The van der Waals surface area contributed by atoms with Gasteiger partial charge >= 0.3 is 0 Å². The zero-order valence-corrected chi connectivity index (χ0v) is 6.42. The SMILES string of the molecule is [CH2]c1cc(F)c2ccccc2n1. The fourth-order valence-corrected chi connectivity index (χ4v) is 1.18. The molecule has 0 N–H and O–H groups in total. The van der Waals surface area contributed by atoms with E-state index in [-0.39, 0.29) is 5.82 Å². The van der Waals surface area contributed by atoms with Gasteiger partial charge in [-0.15, -0.1) is 0 Å². The number of nitrogens with zero attached hydrogens (tertiary/aromatic N) is 1. The normalized spacial score (nSPS) is 10.5. The minimum absolute atomic E-state index is 0.259. The summed E-state index contributed by atoms with van der Waals surface area (Å²) in [5.74, 6) is -0.259. The molecule has 0 saturated carbocycles. The summed E-state index contributed by atoms with van der Waals surface area (Å²) in [6.07, 6.45) is 0. The van der Waals surface area contributed by atoms with E-state index in [9.17, 15) is 4.39 Å². The van der Waals surface area contributed by atoms with Crippen molar-refractivity contribution < 1.29 is 4.39 Å². The van der Waals surface area contributed by atoms with Crippen molar-refractivity contribution in [3.63, 3.8) is 0 Å². The van der Waals surface area contributed by atoms with E-state index >= 15 is 0 Å². The lowest BCUT2D eigenvalue weighted by Crippen LogP contribution is -1.86. The quantitative estimate of drug-likeness (QED) is 0.577. The summed E-state index contributed by atoms with van der Waals surface area (Å²) in [6, 6.07) is 8.43. The van der Waals surface area contributed by atoms with Crippen LogP contribution in [-0.2, 0) is 0 Å². The lowest BCUT2D eigenvalue weighted by atomic mass is 10.2. The van der Waals surface area contributed by atoms with Crippen molar-refractivity contribution in [1.82, 2.24) is 4.98 Å². The standard InChI is InChI=1S/C10H7FN/c1-7-6-9(11)8-4-2-3-5-10(8)12-7/h2-6H,1H2. The number of hydrogen-bond donors (Lipinski definition) is 0. The predicted octanol–water partition coefficient (Wildman–Crippen LogP) is 2.56. The fourth-order valence-electron chi connectivity index (χ4n) is 1.18. The van der Waals surface area contributed by atoms with Crippen LogP contribution in [0.4, 0.5) is 4.39 Å². The minimum atomic E-state index is -0.259. The molecule has 0 aliphatic heterocycles. The van der Waals surface area contributed by atoms with E-state index in [1.165, 1.54) is 6.07 Å². The van der Waals surface area contributed by atoms with Gasteiger partial charge < -0.3 is 0 Å². The number of pyridine rings is 1. The lowest BCUT2D eigenvalue weighted by molar-refractivity contribution is 0.637. The van der Waals surface area contributed by atoms with E-state index in [0.717, 1.165) is 0 Å². The van der Waals surface area contributed by atoms with Crippen LogP contribution < -0.4 is 0 Å². The summed E-state index contributed by atoms with van der Waals surface area (Å²) in [5, 5.41) is 0.546. The van der Waals surface area contributed by atoms with Crippen molar-refractivity contribution in [3.8, 4) is 0 Å². The van der Waals surface area contributed by atoms with E-state index < -0.39 is 0 Å². The van der Waals surface area contributed by atoms with Crippen molar-refractivity contribution in [1.29, 1.82) is 0 Å². The second-order valence-corrected chi connectivity index (χ2v) is 2.61. The summed E-state index contributed by atoms with van der Waals surface area (Å²) in [6.45, 7) is 3.58. The number of hydrogen-bond acceptors (Lipinski definition) is 1. The first-order chi connectivity index (χ1) is 5.77. The third-order valence-corrected chi connectivity index (χ3v) is 1.72. The van der Waals surface area contributed by atoms with Gasteiger partial charge in [-0.05, 0) is 25.1 Å². The Balaban J connectivity index is 2.89. The van der Waals surface area contributed by atoms with Gasteiger partial charge in [-0.3, -0.25) is 4.98 Å². The molecule has 1 radical (unpaired) electrons. The molecule has 0 unspecified atom stereocenters. The monoisotopic (exact) mass is 160 g/mol. The summed E-state index contributed by atoms with van der Waals surface area (Å²) in [4.78, 5) is 4.09. The Bertz CT molecular complexity index is 423. The fraction of sp³-hybridized carbons (Fsp3) is 0. The van der Waals surface area contributed by atoms with Crippen LogP contribution in [0, 0.1) is 12.7 Å². The minimum Gasteiger partial charge on any atom is -0.253 e. The lowest BCUT2D eigenvalue weighted by Gasteiger charge is -1.98. The summed E-state index contributed by atoms with van der Waals surface area (Å²) in [7, 11) is 0. The number of halogens is 1. The molecule has 0 fully saturated rings. The van der Waals surface area contributed by atoms with Crippen LogP contribution in [0.1, 0.15) is 5.69 Å². The molecule has 0 aliphatic rings. The topological polar surface area (TPSA) is 12.9 Å². The summed E-state index contributed by atoms with van der Waals surface area (Å²) >= 11 is 0. The van der Waals surface area contributed by atoms with E-state index in [2.05, 4.69) is 11.9 Å². The Morgan fingerprint density at radius 3 is 2.83 bits per heavy atom. The van der Waals surface area contributed by atoms with Gasteiger partial charge in [-0.25, -0.2) is 4.39 Å². The second-order valence-electron chi connectivity index (χ2n) is 2.61. The van der Waals surface area contributed by atoms with Crippen LogP contribution in [0.5, 0.6) is 0 Å². The van der Waals surface area contributed by atoms with Gasteiger partial charge in [0.05, 0.1) is 5.52 Å². The van der Waals surface area contributed by atoms with Crippen LogP contribution in [0.3, 0.4) is 0 Å². The molecule has 1 aromatic heterocycles. The molecule has 0 saturated heterocycles. The number of fused-ring (bicyclic) bond motifs is 1. The highest BCUT2D eigenvalue weighted by atomic mass is 19.1. The Kier molecular flexibility index (Phi) is 1.54. The zero-order valence-electron chi connectivity index (χ0n) is 6.42. The van der Waals surface area contributed by atoms with E-state index in [1.54, 1.807) is 18.2 Å². The van der Waals surface area contributed by atoms with Gasteiger partial charge in [-0.1, -0.05) is 12.1 Å². The predicted molar refractivity (Wildman–Crippen MR) is 46.2 cm³/mol. The third kappa shape index (κ3) is 1.05. The maximum atomic E-state index is 13.2. The highest BCUT2D eigenvalue weighted by Crippen LogP contribution is 2.15. The molecular weight excluding hydrogens is 153 g/mol. The first kappa shape index (κ1) is 7.22. The first-order valence-electron chi connectivity index (χ1n) is 3.64. The van der Waals surface area contributed by atoms with Crippen molar-refractivity contribution in [3.05, 3.63) is 48.8 Å². The van der Waals surface area contributed by atoms with Crippen LogP contribution in [0.15, 0.2) is 30.3 Å². The van der Waals surface area contributed by atoms with Crippen LogP contribution in [0.2, 0.25) is 0 Å². The highest BCUT2D eigenvalue weighted by molar-refractivity contribution is 5.79. The van der Waals surface area contributed by atoms with Crippen LogP contribution >= 0.6 is 0 Å². The number of para-hydroxylation sites is 1. The Morgan fingerprint density at radius 1 is 1.25 bits per heavy atom. The molecule has 0 spiro atoms. The molecule has 2 aromatic rings. The maximum absolute atomic E-state index is 13.2. The molecule has 2 heteroatoms. The maximum Gasteiger partial charge on any atom is 0.134 e. The molecule has 2 rings (SSSR count). The number of aromatic nitrogens is 1. The number of benzene rings is 1. The van der Waals surface area contributed by atoms with Gasteiger partial charge in [0.2, 0.25) is 0 Å². The van der Waals surface area contributed by atoms with Gasteiger partial charge in [0.25, 0.3) is 0 Å². The van der Waals surface area contributed by atoms with Crippen molar-refractivity contribution >= 4 is 10.9 Å². The summed E-state index contributed by atoms with van der Waals surface area (Å²) in [5.41, 5.74) is 1.12. The molecule has 12 heavy (non-hydrogen) atoms. The first-order valence-corrected chi connectivity index (χ1v) is 3.64. The van der Waals surface area contributed by atoms with Gasteiger partial charge in [-0.2, -0.15) is 0 Å². The second kappa shape index (κ2) is 2.55. The van der Waals surface area contributed by atoms with Crippen molar-refractivity contribution in [2.45, 2.75) is 0 Å². The molecule has 0 atom stereocenters. The van der Waals surface area contributed by atoms with Crippen molar-refractivity contribution in [2.24, 2.45) is 0 Å². The zero-order chi connectivity index (χ0) is 8.55. The Hall–Kier alpha value is -1.44. The van der Waals surface area contributed by atoms with Crippen LogP contribution in [0.25, 0.3) is 10.9 Å². The van der Waals surface area contributed by atoms with Crippen molar-refractivity contribution in [2.75, 3.05) is 0 Å². The molecule has 59 valence electrons. The average molecular weight is 160 g/mol. The smallest absolute Gasteiger partial charge is 0.134 e. The molecular formula is C10H7FN. The number of rotatable bonds is 0. The molecule has 1 heterocycles. The molecule has 0 bridgehead atoms. The van der Waals surface area contributed by atoms with Crippen LogP contribution in [-0.4, -0.2) is 4.98 Å². The molecule has 1 nitrogen and oxygen atoms in total. The highest BCUT2D eigenvalue weighted by Gasteiger charge is 2.00. The van der Waals surface area contributed by atoms with E-state index in [1.807, 2.05) is 6.07 Å². The van der Waals surface area contributed by atoms with Gasteiger partial charge in [0.1, 0.15) is 5.82 Å². The summed E-state index contributed by atoms with van der Waals surface area (Å²) < 4.78 is 13.2. The third-order valence-electron chi connectivity index (χ3n) is 1.72. The molecule has 0 aliphatic carbocycles. The largest absolute Gasteiger partial charge is 0.253 e. The average Bonchev–Trinajstić information content (AvgIpc) is 2.04. The van der Waals surface area contributed by atoms with E-state index in [4.69, 9.17) is 0 Å². The van der Waals surface area contributed by atoms with Gasteiger partial charge in [0.15, 0.2) is 0 Å². The molecule has 0 amide bonds. The Labute approximate surface area is 69.9 Å². The Morgan fingerprint density at radius 2 is 2.00 bits per heavy atom. The van der Waals surface area contributed by atoms with E-state index in [0.29, 0.717) is 16.6 Å². The van der Waals surface area contributed by atoms with Gasteiger partial charge in [0, 0.05) is 11.1 Å².